The van der Waals surface area contributed by atoms with Crippen molar-refractivity contribution in [1.29, 1.82) is 0 Å². The first-order valence-electron chi connectivity index (χ1n) is 9.34. The van der Waals surface area contributed by atoms with Crippen LogP contribution in [-0.2, 0) is 11.0 Å². The number of likely N-dealkylation sites (tertiary alicyclic amines) is 1. The van der Waals surface area contributed by atoms with Gasteiger partial charge in [-0.2, -0.15) is 13.2 Å². The van der Waals surface area contributed by atoms with Crippen LogP contribution in [0.4, 0.5) is 13.2 Å². The molecule has 0 bridgehead atoms. The summed E-state index contributed by atoms with van der Waals surface area (Å²) in [6.45, 7) is 0.580. The highest BCUT2D eigenvalue weighted by molar-refractivity contribution is 5.96. The molecule has 7 heteroatoms. The molecule has 1 aliphatic rings. The number of amides is 2. The molecule has 152 valence electrons. The van der Waals surface area contributed by atoms with Crippen LogP contribution in [-0.4, -0.2) is 35.8 Å². The Labute approximate surface area is 167 Å². The number of nitrogens with zero attached hydrogens (tertiary/aromatic N) is 1. The first kappa shape index (κ1) is 20.6. The van der Waals surface area contributed by atoms with E-state index in [1.807, 2.05) is 30.3 Å². The summed E-state index contributed by atoms with van der Waals surface area (Å²) in [4.78, 5) is 26.1. The first-order chi connectivity index (χ1) is 13.8. The van der Waals surface area contributed by atoms with Crippen molar-refractivity contribution in [1.82, 2.24) is 10.2 Å². The van der Waals surface area contributed by atoms with Gasteiger partial charge in [0.2, 0.25) is 5.91 Å². The van der Waals surface area contributed by atoms with E-state index in [2.05, 4.69) is 5.32 Å². The van der Waals surface area contributed by atoms with Gasteiger partial charge < -0.3 is 10.2 Å². The van der Waals surface area contributed by atoms with E-state index in [1.54, 1.807) is 6.08 Å². The van der Waals surface area contributed by atoms with Crippen molar-refractivity contribution >= 4 is 17.9 Å². The van der Waals surface area contributed by atoms with Gasteiger partial charge in [-0.3, -0.25) is 9.59 Å². The standard InChI is InChI=1S/C22H21F3N2O2/c23-22(24,25)19-9-5-4-8-18(19)21(29)27-14-12-17(13-15-27)26-20(28)11-10-16-6-2-1-3-7-16/h1-11,17H,12-15H2,(H,26,28)/b11-10+. The molecule has 2 aromatic rings. The van der Waals surface area contributed by atoms with Crippen LogP contribution < -0.4 is 5.32 Å². The summed E-state index contributed by atoms with van der Waals surface area (Å²) in [5, 5.41) is 2.88. The molecule has 0 atom stereocenters. The smallest absolute Gasteiger partial charge is 0.350 e. The summed E-state index contributed by atoms with van der Waals surface area (Å²) in [6, 6.07) is 14.1. The molecule has 0 aromatic heterocycles. The van der Waals surface area contributed by atoms with Crippen molar-refractivity contribution in [2.24, 2.45) is 0 Å². The molecule has 0 spiro atoms. The van der Waals surface area contributed by atoms with Gasteiger partial charge in [-0.15, -0.1) is 0 Å². The van der Waals surface area contributed by atoms with Gasteiger partial charge in [0.15, 0.2) is 0 Å². The van der Waals surface area contributed by atoms with Crippen LogP contribution in [0.25, 0.3) is 6.08 Å². The van der Waals surface area contributed by atoms with Gasteiger partial charge in [0.25, 0.3) is 5.91 Å². The Bertz CT molecular complexity index is 886. The Morgan fingerprint density at radius 2 is 1.59 bits per heavy atom. The number of nitrogens with one attached hydrogen (secondary N) is 1. The monoisotopic (exact) mass is 402 g/mol. The minimum absolute atomic E-state index is 0.121. The Morgan fingerprint density at radius 1 is 0.966 bits per heavy atom. The second-order valence-electron chi connectivity index (χ2n) is 6.86. The van der Waals surface area contributed by atoms with Crippen LogP contribution >= 0.6 is 0 Å². The van der Waals surface area contributed by atoms with Gasteiger partial charge in [-0.25, -0.2) is 0 Å². The number of rotatable bonds is 4. The van der Waals surface area contributed by atoms with Gasteiger partial charge in [-0.05, 0) is 36.6 Å². The number of benzene rings is 2. The van der Waals surface area contributed by atoms with Crippen LogP contribution in [0.1, 0.15) is 34.3 Å². The van der Waals surface area contributed by atoms with Crippen LogP contribution in [0.3, 0.4) is 0 Å². The Morgan fingerprint density at radius 3 is 2.24 bits per heavy atom. The maximum atomic E-state index is 13.2. The molecule has 1 N–H and O–H groups in total. The van der Waals surface area contributed by atoms with E-state index in [-0.39, 0.29) is 17.5 Å². The molecule has 0 aliphatic carbocycles. The Kier molecular flexibility index (Phi) is 6.36. The van der Waals surface area contributed by atoms with Crippen molar-refractivity contribution in [3.8, 4) is 0 Å². The van der Waals surface area contributed by atoms with Crippen molar-refractivity contribution in [2.45, 2.75) is 25.1 Å². The second kappa shape index (κ2) is 8.94. The van der Waals surface area contributed by atoms with Crippen LogP contribution in [0.5, 0.6) is 0 Å². The largest absolute Gasteiger partial charge is 0.417 e. The lowest BCUT2D eigenvalue weighted by molar-refractivity contribution is -0.138. The highest BCUT2D eigenvalue weighted by Crippen LogP contribution is 2.32. The summed E-state index contributed by atoms with van der Waals surface area (Å²) in [5.41, 5.74) is -0.355. The Balaban J connectivity index is 1.55. The maximum absolute atomic E-state index is 13.2. The fourth-order valence-corrected chi connectivity index (χ4v) is 3.30. The lowest BCUT2D eigenvalue weighted by Gasteiger charge is -2.32. The van der Waals surface area contributed by atoms with Crippen molar-refractivity contribution in [3.63, 3.8) is 0 Å². The molecule has 3 rings (SSSR count). The van der Waals surface area contributed by atoms with Crippen LogP contribution in [0, 0.1) is 0 Å². The molecule has 2 aromatic carbocycles. The van der Waals surface area contributed by atoms with E-state index in [9.17, 15) is 22.8 Å². The van der Waals surface area contributed by atoms with E-state index in [4.69, 9.17) is 0 Å². The summed E-state index contributed by atoms with van der Waals surface area (Å²) in [6.07, 6.45) is -0.437. The quantitative estimate of drug-likeness (QED) is 0.782. The number of carbonyl (C=O) groups excluding carboxylic acids is 2. The fourth-order valence-electron chi connectivity index (χ4n) is 3.30. The topological polar surface area (TPSA) is 49.4 Å². The first-order valence-corrected chi connectivity index (χ1v) is 9.34. The number of piperidine rings is 1. The van der Waals surface area contributed by atoms with Gasteiger partial charge in [-0.1, -0.05) is 42.5 Å². The van der Waals surface area contributed by atoms with E-state index in [0.29, 0.717) is 25.9 Å². The van der Waals surface area contributed by atoms with E-state index >= 15 is 0 Å². The molecular weight excluding hydrogens is 381 g/mol. The zero-order valence-electron chi connectivity index (χ0n) is 15.7. The summed E-state index contributed by atoms with van der Waals surface area (Å²) < 4.78 is 39.5. The number of halogens is 3. The third kappa shape index (κ3) is 5.47. The van der Waals surface area contributed by atoms with Crippen molar-refractivity contribution in [3.05, 3.63) is 77.4 Å². The molecule has 4 nitrogen and oxygen atoms in total. The van der Waals surface area contributed by atoms with Gasteiger partial charge in [0.05, 0.1) is 11.1 Å². The van der Waals surface area contributed by atoms with E-state index < -0.39 is 17.6 Å². The molecule has 29 heavy (non-hydrogen) atoms. The minimum atomic E-state index is -4.58. The summed E-state index contributed by atoms with van der Waals surface area (Å²) in [7, 11) is 0. The predicted molar refractivity (Wildman–Crippen MR) is 104 cm³/mol. The maximum Gasteiger partial charge on any atom is 0.417 e. The number of alkyl halides is 3. The third-order valence-corrected chi connectivity index (χ3v) is 4.82. The zero-order chi connectivity index (χ0) is 20.9. The molecule has 2 amide bonds. The highest BCUT2D eigenvalue weighted by Gasteiger charge is 2.36. The number of hydrogen-bond acceptors (Lipinski definition) is 2. The minimum Gasteiger partial charge on any atom is -0.350 e. The van der Waals surface area contributed by atoms with Crippen molar-refractivity contribution in [2.75, 3.05) is 13.1 Å². The molecule has 1 aliphatic heterocycles. The predicted octanol–water partition coefficient (Wildman–Crippen LogP) is 4.14. The molecule has 1 saturated heterocycles. The molecule has 0 saturated carbocycles. The molecule has 1 heterocycles. The molecular formula is C22H21F3N2O2. The van der Waals surface area contributed by atoms with Crippen LogP contribution in [0.2, 0.25) is 0 Å². The van der Waals surface area contributed by atoms with Gasteiger partial charge in [0, 0.05) is 25.2 Å². The zero-order valence-corrected chi connectivity index (χ0v) is 15.7. The normalized spacial score (nSPS) is 15.5. The summed E-state index contributed by atoms with van der Waals surface area (Å²) in [5.74, 6) is -0.868. The average Bonchev–Trinajstić information content (AvgIpc) is 2.72. The van der Waals surface area contributed by atoms with Gasteiger partial charge in [0.1, 0.15) is 0 Å². The highest BCUT2D eigenvalue weighted by atomic mass is 19.4. The van der Waals surface area contributed by atoms with Crippen LogP contribution in [0.15, 0.2) is 60.7 Å². The number of hydrogen-bond donors (Lipinski definition) is 1. The lowest BCUT2D eigenvalue weighted by atomic mass is 10.0. The van der Waals surface area contributed by atoms with Crippen molar-refractivity contribution < 1.29 is 22.8 Å². The van der Waals surface area contributed by atoms with E-state index in [1.165, 1.54) is 29.2 Å². The molecule has 1 fully saturated rings. The fraction of sp³-hybridized carbons (Fsp3) is 0.273. The van der Waals surface area contributed by atoms with Gasteiger partial charge >= 0.3 is 6.18 Å². The van der Waals surface area contributed by atoms with E-state index in [0.717, 1.165) is 11.6 Å². The second-order valence-corrected chi connectivity index (χ2v) is 6.86. The SMILES string of the molecule is O=C(/C=C/c1ccccc1)NC1CCN(C(=O)c2ccccc2C(F)(F)F)CC1. The Hall–Kier alpha value is -3.09. The number of carbonyl (C=O) groups is 2. The third-order valence-electron chi connectivity index (χ3n) is 4.82. The lowest BCUT2D eigenvalue weighted by Crippen LogP contribution is -2.46. The summed E-state index contributed by atoms with van der Waals surface area (Å²) >= 11 is 0. The molecule has 0 unspecified atom stereocenters. The average molecular weight is 402 g/mol. The molecule has 0 radical (unpaired) electrons.